The average molecular weight is 1440 g/mol. The van der Waals surface area contributed by atoms with Gasteiger partial charge in [-0.15, -0.1) is 0 Å². The molecule has 17 nitrogen and oxygen atoms in total. The molecule has 0 radical (unpaired) electrons. The molecule has 0 aliphatic carbocycles. The maximum Gasteiger partial charge on any atom is 0.472 e. The number of unbranched alkanes of at least 4 members (excludes halogenated alkanes) is 18. The summed E-state index contributed by atoms with van der Waals surface area (Å²) in [4.78, 5) is 72.8. The van der Waals surface area contributed by atoms with Crippen LogP contribution in [0, 0.1) is 0 Å². The summed E-state index contributed by atoms with van der Waals surface area (Å²) >= 11 is 0. The number of esters is 4. The highest BCUT2D eigenvalue weighted by Crippen LogP contribution is 2.45. The van der Waals surface area contributed by atoms with E-state index in [1.807, 2.05) is 24.3 Å². The van der Waals surface area contributed by atoms with E-state index in [0.717, 1.165) is 161 Å². The first-order chi connectivity index (χ1) is 48.7. The Labute approximate surface area is 604 Å². The molecule has 0 aliphatic rings. The van der Waals surface area contributed by atoms with E-state index < -0.39 is 97.5 Å². The molecule has 0 spiro atoms. The third-order valence-electron chi connectivity index (χ3n) is 15.0. The largest absolute Gasteiger partial charge is 0.472 e. The van der Waals surface area contributed by atoms with Crippen LogP contribution in [-0.2, 0) is 65.4 Å². The summed E-state index contributed by atoms with van der Waals surface area (Å²) in [5, 5.41) is 10.6. The predicted octanol–water partition coefficient (Wildman–Crippen LogP) is 21.7. The Balaban J connectivity index is 5.47. The van der Waals surface area contributed by atoms with Crippen LogP contribution in [0.25, 0.3) is 0 Å². The lowest BCUT2D eigenvalue weighted by Gasteiger charge is -2.21. The molecule has 19 heteroatoms. The van der Waals surface area contributed by atoms with Gasteiger partial charge in [0.15, 0.2) is 12.2 Å². The van der Waals surface area contributed by atoms with Crippen molar-refractivity contribution in [2.24, 2.45) is 0 Å². The maximum atomic E-state index is 13.1. The Morgan fingerprint density at radius 1 is 0.300 bits per heavy atom. The fraction of sp³-hybridized carbons (Fsp3) is 0.630. The molecule has 0 aromatic carbocycles. The van der Waals surface area contributed by atoms with Gasteiger partial charge in [0.25, 0.3) is 0 Å². The van der Waals surface area contributed by atoms with E-state index >= 15 is 0 Å². The zero-order chi connectivity index (χ0) is 73.2. The topological polar surface area (TPSA) is 237 Å². The molecule has 0 fully saturated rings. The van der Waals surface area contributed by atoms with Crippen LogP contribution in [0.3, 0.4) is 0 Å². The molecule has 100 heavy (non-hydrogen) atoms. The van der Waals surface area contributed by atoms with Crippen molar-refractivity contribution in [3.8, 4) is 0 Å². The third-order valence-corrected chi connectivity index (χ3v) is 16.9. The Morgan fingerprint density at radius 3 is 0.920 bits per heavy atom. The summed E-state index contributed by atoms with van der Waals surface area (Å²) in [6.07, 6.45) is 82.7. The van der Waals surface area contributed by atoms with E-state index in [0.29, 0.717) is 32.1 Å². The minimum absolute atomic E-state index is 0.0179. The number of aliphatic hydroxyl groups is 1. The monoisotopic (exact) mass is 1440 g/mol. The van der Waals surface area contributed by atoms with Crippen LogP contribution in [0.15, 0.2) is 158 Å². The quantitative estimate of drug-likeness (QED) is 0.0169. The van der Waals surface area contributed by atoms with Crippen LogP contribution < -0.4 is 0 Å². The number of allylic oxidation sites excluding steroid dienone is 25. The highest BCUT2D eigenvalue weighted by molar-refractivity contribution is 7.47. The minimum atomic E-state index is -5.01. The lowest BCUT2D eigenvalue weighted by Crippen LogP contribution is -2.30. The van der Waals surface area contributed by atoms with Crippen LogP contribution in [0.1, 0.15) is 272 Å². The van der Waals surface area contributed by atoms with Crippen molar-refractivity contribution < 1.29 is 80.2 Å². The number of hydrogen-bond donors (Lipinski definition) is 3. The first-order valence-electron chi connectivity index (χ1n) is 37.7. The summed E-state index contributed by atoms with van der Waals surface area (Å²) in [7, 11) is -10.0. The molecule has 0 bridgehead atoms. The van der Waals surface area contributed by atoms with E-state index in [-0.39, 0.29) is 25.7 Å². The van der Waals surface area contributed by atoms with Crippen molar-refractivity contribution in [3.05, 3.63) is 158 Å². The number of ether oxygens (including phenoxy) is 4. The molecule has 0 aliphatic heterocycles. The number of phosphoric ester groups is 2. The van der Waals surface area contributed by atoms with Gasteiger partial charge in [0.2, 0.25) is 0 Å². The molecule has 3 N–H and O–H groups in total. The molecular weight excluding hydrogens is 1310 g/mol. The third kappa shape index (κ3) is 71.1. The summed E-state index contributed by atoms with van der Waals surface area (Å²) in [6.45, 7) is 4.31. The number of phosphoric acid groups is 2. The van der Waals surface area contributed by atoms with Gasteiger partial charge in [-0.05, 0) is 148 Å². The first-order valence-corrected chi connectivity index (χ1v) is 40.7. The SMILES string of the molecule is CC/C=C\C/C=C\C/C=C\C/C=C\C/C=C\CC(=O)OCC(COP(=O)(O)OCC(O)COP(=O)(O)OCC(COC(=O)CCCCCCCCC/C=C\C/C=C\C/C=C\CC)OC(=O)CCCCCCC/C=C\CCCCCC)OC(=O)CCCC/C=C\C/C=C\C/C=C\C/C=C\CC. The van der Waals surface area contributed by atoms with Gasteiger partial charge in [-0.1, -0.05) is 256 Å². The van der Waals surface area contributed by atoms with E-state index in [4.69, 9.17) is 37.0 Å². The maximum absolute atomic E-state index is 13.1. The van der Waals surface area contributed by atoms with Crippen LogP contribution in [0.4, 0.5) is 0 Å². The zero-order valence-electron chi connectivity index (χ0n) is 61.8. The van der Waals surface area contributed by atoms with E-state index in [1.165, 1.54) is 25.7 Å². The van der Waals surface area contributed by atoms with Crippen molar-refractivity contribution in [2.75, 3.05) is 39.6 Å². The highest BCUT2D eigenvalue weighted by atomic mass is 31.2. The van der Waals surface area contributed by atoms with E-state index in [9.17, 15) is 43.2 Å². The molecule has 0 aromatic heterocycles. The molecule has 0 rings (SSSR count). The molecule has 0 aromatic rings. The number of hydrogen-bond acceptors (Lipinski definition) is 15. The summed E-state index contributed by atoms with van der Waals surface area (Å²) < 4.78 is 68.3. The fourth-order valence-corrected chi connectivity index (χ4v) is 10.9. The summed E-state index contributed by atoms with van der Waals surface area (Å²) in [5.74, 6) is -2.40. The first kappa shape index (κ1) is 94.7. The second-order valence-electron chi connectivity index (χ2n) is 24.5. The normalized spacial score (nSPS) is 14.8. The Morgan fingerprint density at radius 2 is 0.560 bits per heavy atom. The second kappa shape index (κ2) is 72.0. The van der Waals surface area contributed by atoms with Crippen LogP contribution in [0.5, 0.6) is 0 Å². The predicted molar refractivity (Wildman–Crippen MR) is 408 cm³/mol. The van der Waals surface area contributed by atoms with Gasteiger partial charge < -0.3 is 33.8 Å². The van der Waals surface area contributed by atoms with E-state index in [1.54, 1.807) is 6.08 Å². The highest BCUT2D eigenvalue weighted by Gasteiger charge is 2.30. The van der Waals surface area contributed by atoms with Crippen molar-refractivity contribution in [1.29, 1.82) is 0 Å². The van der Waals surface area contributed by atoms with Crippen LogP contribution >= 0.6 is 15.6 Å². The minimum Gasteiger partial charge on any atom is -0.462 e. The average Bonchev–Trinajstić information content (AvgIpc) is 0.988. The molecule has 0 amide bonds. The number of aliphatic hydroxyl groups excluding tert-OH is 1. The lowest BCUT2D eigenvalue weighted by atomic mass is 10.1. The van der Waals surface area contributed by atoms with Gasteiger partial charge in [-0.2, -0.15) is 0 Å². The molecular formula is C81H132O17P2. The van der Waals surface area contributed by atoms with Crippen LogP contribution in [-0.4, -0.2) is 96.7 Å². The van der Waals surface area contributed by atoms with Gasteiger partial charge in [0.1, 0.15) is 19.3 Å². The van der Waals surface area contributed by atoms with Crippen molar-refractivity contribution >= 4 is 39.5 Å². The standard InChI is InChI=1S/C81H132O17P2/c1-5-9-13-17-21-25-29-33-36-37-40-43-46-50-54-58-62-66-79(84)92-71-76(97-80(85)67-63-59-55-51-47-41-32-28-24-20-16-12-8-4)73-95-99(87,88)93-69-75(82)70-94-100(89,90)96-74-77(98-81(86)68-64-60-56-52-48-44-39-35-31-27-23-19-15-11-7-3)72-91-78(83)65-61-57-53-49-45-42-38-34-30-26-22-18-14-10-6-2/h9-11,13-15,21-23,25-28,32-36,38-39,45,48-49,52,57,61,75-77,82H,5-8,12,16-20,24,29-31,37,40-44,46-47,50-51,53-56,58-60,62-74H2,1-4H3,(H,87,88)(H,89,90)/b13-9-,14-10-,15-11-,25-21-,26-22-,27-23-,32-28-,36-33-,38-34-,39-35-,49-45-,52-48-,61-57-. The van der Waals surface area contributed by atoms with Gasteiger partial charge >= 0.3 is 39.5 Å². The molecule has 5 atom stereocenters. The molecule has 5 unspecified atom stereocenters. The lowest BCUT2D eigenvalue weighted by molar-refractivity contribution is -0.161. The van der Waals surface area contributed by atoms with Crippen LogP contribution in [0.2, 0.25) is 0 Å². The van der Waals surface area contributed by atoms with Crippen molar-refractivity contribution in [3.63, 3.8) is 0 Å². The second-order valence-corrected chi connectivity index (χ2v) is 27.4. The number of carbonyl (C=O) groups excluding carboxylic acids is 4. The molecule has 0 saturated heterocycles. The van der Waals surface area contributed by atoms with Crippen molar-refractivity contribution in [2.45, 2.75) is 290 Å². The smallest absolute Gasteiger partial charge is 0.462 e. The Hall–Kier alpha value is -5.32. The number of rotatable bonds is 69. The molecule has 568 valence electrons. The van der Waals surface area contributed by atoms with Crippen molar-refractivity contribution in [1.82, 2.24) is 0 Å². The molecule has 0 saturated carbocycles. The number of carbonyl (C=O) groups is 4. The summed E-state index contributed by atoms with van der Waals surface area (Å²) in [6, 6.07) is 0. The fourth-order valence-electron chi connectivity index (χ4n) is 9.35. The summed E-state index contributed by atoms with van der Waals surface area (Å²) in [5.41, 5.74) is 0. The Bertz CT molecular complexity index is 2520. The Kier molecular flexibility index (Phi) is 68.2. The van der Waals surface area contributed by atoms with Gasteiger partial charge in [-0.25, -0.2) is 9.13 Å². The van der Waals surface area contributed by atoms with Gasteiger partial charge in [0, 0.05) is 19.3 Å². The zero-order valence-corrected chi connectivity index (χ0v) is 63.6. The molecule has 0 heterocycles. The van der Waals surface area contributed by atoms with Gasteiger partial charge in [0.05, 0.1) is 32.8 Å². The van der Waals surface area contributed by atoms with Gasteiger partial charge in [-0.3, -0.25) is 37.3 Å². The van der Waals surface area contributed by atoms with E-state index in [2.05, 4.69) is 155 Å².